The quantitative estimate of drug-likeness (QED) is 0.631. The molecule has 1 aliphatic heterocycles. The number of Topliss-reactive ketones (excluding diaryl/α,β-unsaturated/α-hetero) is 1. The van der Waals surface area contributed by atoms with Gasteiger partial charge in [0.1, 0.15) is 0 Å². The third-order valence-electron chi connectivity index (χ3n) is 5.27. The van der Waals surface area contributed by atoms with Gasteiger partial charge in [0.25, 0.3) is 11.7 Å². The molecular formula is C20H21N3O2. The van der Waals surface area contributed by atoms with Gasteiger partial charge < -0.3 is 4.90 Å². The van der Waals surface area contributed by atoms with Crippen LogP contribution in [-0.2, 0) is 17.6 Å². The lowest BCUT2D eigenvalue weighted by Gasteiger charge is -2.37. The van der Waals surface area contributed by atoms with Gasteiger partial charge in [-0.05, 0) is 36.1 Å². The highest BCUT2D eigenvalue weighted by Gasteiger charge is 2.32. The van der Waals surface area contributed by atoms with E-state index in [9.17, 15) is 9.59 Å². The zero-order valence-corrected chi connectivity index (χ0v) is 14.1. The minimum absolute atomic E-state index is 0.362. The molecule has 5 heteroatoms. The van der Waals surface area contributed by atoms with Crippen molar-refractivity contribution in [1.82, 2.24) is 14.8 Å². The Kier molecular flexibility index (Phi) is 4.32. The summed E-state index contributed by atoms with van der Waals surface area (Å²) in [5, 5.41) is 0. The van der Waals surface area contributed by atoms with Crippen LogP contribution in [0.2, 0.25) is 0 Å². The highest BCUT2D eigenvalue weighted by molar-refractivity contribution is 6.42. The second kappa shape index (κ2) is 6.76. The van der Waals surface area contributed by atoms with Crippen molar-refractivity contribution in [2.75, 3.05) is 26.2 Å². The molecule has 1 amide bonds. The highest BCUT2D eigenvalue weighted by Crippen LogP contribution is 2.26. The SMILES string of the molecule is O=C(C(=O)N1CCN(C2Cc3ccccc3C2)CC1)c1cccnc1. The Hall–Kier alpha value is -2.53. The van der Waals surface area contributed by atoms with Crippen molar-refractivity contribution >= 4 is 11.7 Å². The first-order valence-corrected chi connectivity index (χ1v) is 8.77. The maximum atomic E-state index is 12.4. The number of benzene rings is 1. The molecule has 2 aliphatic rings. The molecule has 0 saturated carbocycles. The number of hydrogen-bond donors (Lipinski definition) is 0. The molecule has 5 nitrogen and oxygen atoms in total. The minimum Gasteiger partial charge on any atom is -0.333 e. The third-order valence-corrected chi connectivity index (χ3v) is 5.27. The van der Waals surface area contributed by atoms with Gasteiger partial charge in [0, 0.05) is 50.2 Å². The number of amides is 1. The minimum atomic E-state index is -0.463. The fourth-order valence-electron chi connectivity index (χ4n) is 3.85. The number of hydrogen-bond acceptors (Lipinski definition) is 4. The number of carbonyl (C=O) groups excluding carboxylic acids is 2. The van der Waals surface area contributed by atoms with Crippen molar-refractivity contribution in [3.05, 3.63) is 65.5 Å². The summed E-state index contributed by atoms with van der Waals surface area (Å²) in [5.74, 6) is -0.878. The van der Waals surface area contributed by atoms with Crippen molar-refractivity contribution in [1.29, 1.82) is 0 Å². The van der Waals surface area contributed by atoms with Gasteiger partial charge in [-0.1, -0.05) is 24.3 Å². The zero-order valence-electron chi connectivity index (χ0n) is 14.1. The van der Waals surface area contributed by atoms with Crippen LogP contribution in [-0.4, -0.2) is 58.7 Å². The van der Waals surface area contributed by atoms with E-state index in [4.69, 9.17) is 0 Å². The van der Waals surface area contributed by atoms with E-state index < -0.39 is 11.7 Å². The molecule has 1 aliphatic carbocycles. The molecule has 4 rings (SSSR count). The van der Waals surface area contributed by atoms with Gasteiger partial charge in [0.05, 0.1) is 0 Å². The summed E-state index contributed by atoms with van der Waals surface area (Å²) in [6, 6.07) is 12.5. The molecule has 0 unspecified atom stereocenters. The number of rotatable bonds is 3. The number of nitrogens with zero attached hydrogens (tertiary/aromatic N) is 3. The summed E-state index contributed by atoms with van der Waals surface area (Å²) in [4.78, 5) is 32.8. The first kappa shape index (κ1) is 16.0. The molecular weight excluding hydrogens is 314 g/mol. The summed E-state index contributed by atoms with van der Waals surface area (Å²) in [5.41, 5.74) is 3.25. The van der Waals surface area contributed by atoms with Gasteiger partial charge in [-0.25, -0.2) is 0 Å². The van der Waals surface area contributed by atoms with Crippen LogP contribution in [0.3, 0.4) is 0 Å². The van der Waals surface area contributed by atoms with Gasteiger partial charge in [0.2, 0.25) is 0 Å². The largest absolute Gasteiger partial charge is 0.333 e. The maximum Gasteiger partial charge on any atom is 0.295 e. The molecule has 1 fully saturated rings. The third kappa shape index (κ3) is 3.20. The lowest BCUT2D eigenvalue weighted by molar-refractivity contribution is -0.128. The van der Waals surface area contributed by atoms with E-state index in [0.717, 1.165) is 25.9 Å². The van der Waals surface area contributed by atoms with Crippen molar-refractivity contribution in [3.63, 3.8) is 0 Å². The summed E-state index contributed by atoms with van der Waals surface area (Å²) < 4.78 is 0. The number of piperazine rings is 1. The van der Waals surface area contributed by atoms with E-state index in [0.29, 0.717) is 24.7 Å². The lowest BCUT2D eigenvalue weighted by atomic mass is 10.1. The predicted octanol–water partition coefficient (Wildman–Crippen LogP) is 1.58. The van der Waals surface area contributed by atoms with E-state index in [1.165, 1.54) is 17.3 Å². The van der Waals surface area contributed by atoms with Crippen LogP contribution in [0.25, 0.3) is 0 Å². The molecule has 128 valence electrons. The number of fused-ring (bicyclic) bond motifs is 1. The first-order valence-electron chi connectivity index (χ1n) is 8.77. The van der Waals surface area contributed by atoms with Crippen LogP contribution < -0.4 is 0 Å². The summed E-state index contributed by atoms with van der Waals surface area (Å²) in [6.07, 6.45) is 5.21. The predicted molar refractivity (Wildman–Crippen MR) is 94.4 cm³/mol. The summed E-state index contributed by atoms with van der Waals surface area (Å²) >= 11 is 0. The average Bonchev–Trinajstić information content (AvgIpc) is 3.12. The second-order valence-corrected chi connectivity index (χ2v) is 6.73. The average molecular weight is 335 g/mol. The fraction of sp³-hybridized carbons (Fsp3) is 0.350. The smallest absolute Gasteiger partial charge is 0.295 e. The van der Waals surface area contributed by atoms with Crippen molar-refractivity contribution in [3.8, 4) is 0 Å². The van der Waals surface area contributed by atoms with Crippen LogP contribution in [0.15, 0.2) is 48.8 Å². The number of carbonyl (C=O) groups is 2. The molecule has 0 radical (unpaired) electrons. The van der Waals surface area contributed by atoms with Gasteiger partial charge in [-0.3, -0.25) is 19.5 Å². The van der Waals surface area contributed by atoms with E-state index in [1.54, 1.807) is 23.2 Å². The summed E-state index contributed by atoms with van der Waals surface area (Å²) in [6.45, 7) is 2.87. The highest BCUT2D eigenvalue weighted by atomic mass is 16.2. The molecule has 0 bridgehead atoms. The Bertz CT molecular complexity index is 758. The van der Waals surface area contributed by atoms with Gasteiger partial charge in [-0.15, -0.1) is 0 Å². The Morgan fingerprint density at radius 2 is 1.60 bits per heavy atom. The van der Waals surface area contributed by atoms with Crippen LogP contribution in [0, 0.1) is 0 Å². The Balaban J connectivity index is 1.34. The van der Waals surface area contributed by atoms with E-state index >= 15 is 0 Å². The number of aromatic nitrogens is 1. The molecule has 25 heavy (non-hydrogen) atoms. The topological polar surface area (TPSA) is 53.5 Å². The van der Waals surface area contributed by atoms with Crippen molar-refractivity contribution in [2.45, 2.75) is 18.9 Å². The van der Waals surface area contributed by atoms with E-state index in [1.807, 2.05) is 0 Å². The second-order valence-electron chi connectivity index (χ2n) is 6.73. The maximum absolute atomic E-state index is 12.4. The Morgan fingerprint density at radius 1 is 0.920 bits per heavy atom. The molecule has 2 aromatic rings. The Morgan fingerprint density at radius 3 is 2.20 bits per heavy atom. The molecule has 1 saturated heterocycles. The monoisotopic (exact) mass is 335 g/mol. The number of ketones is 1. The molecule has 1 aromatic carbocycles. The van der Waals surface area contributed by atoms with Gasteiger partial charge in [-0.2, -0.15) is 0 Å². The standard InChI is InChI=1S/C20H21N3O2/c24-19(17-6-3-7-21-14-17)20(25)23-10-8-22(9-11-23)18-12-15-4-1-2-5-16(15)13-18/h1-7,14,18H,8-13H2. The number of pyridine rings is 1. The van der Waals surface area contributed by atoms with Crippen LogP contribution in [0.4, 0.5) is 0 Å². The first-order chi connectivity index (χ1) is 12.2. The Labute approximate surface area is 147 Å². The van der Waals surface area contributed by atoms with Gasteiger partial charge in [0.15, 0.2) is 0 Å². The van der Waals surface area contributed by atoms with Crippen LogP contribution in [0.1, 0.15) is 21.5 Å². The van der Waals surface area contributed by atoms with Crippen LogP contribution >= 0.6 is 0 Å². The summed E-state index contributed by atoms with van der Waals surface area (Å²) in [7, 11) is 0. The van der Waals surface area contributed by atoms with Crippen molar-refractivity contribution < 1.29 is 9.59 Å². The van der Waals surface area contributed by atoms with E-state index in [-0.39, 0.29) is 0 Å². The fourth-order valence-corrected chi connectivity index (χ4v) is 3.85. The normalized spacial score (nSPS) is 18.2. The lowest BCUT2D eigenvalue weighted by Crippen LogP contribution is -2.53. The molecule has 0 N–H and O–H groups in total. The van der Waals surface area contributed by atoms with Crippen molar-refractivity contribution in [2.24, 2.45) is 0 Å². The molecule has 0 atom stereocenters. The van der Waals surface area contributed by atoms with E-state index in [2.05, 4.69) is 34.1 Å². The van der Waals surface area contributed by atoms with Crippen LogP contribution in [0.5, 0.6) is 0 Å². The zero-order chi connectivity index (χ0) is 17.2. The van der Waals surface area contributed by atoms with Gasteiger partial charge >= 0.3 is 0 Å². The molecule has 1 aromatic heterocycles. The molecule has 0 spiro atoms. The molecule has 2 heterocycles.